The van der Waals surface area contributed by atoms with E-state index in [0.29, 0.717) is 6.61 Å². The first-order chi connectivity index (χ1) is 6.39. The molecule has 0 fully saturated rings. The van der Waals surface area contributed by atoms with Crippen LogP contribution in [0.2, 0.25) is 0 Å². The standard InChI is InChI=1S/C10H21NO3/c1-6-8(7-13-5)11-9(12)14-10(2,3)4/h8H,6-7H2,1-5H3,(H,11,12)/t8-/m1/s1. The Balaban J connectivity index is 3.91. The highest BCUT2D eigenvalue weighted by Crippen LogP contribution is 2.07. The topological polar surface area (TPSA) is 47.6 Å². The Hall–Kier alpha value is -0.770. The molecule has 14 heavy (non-hydrogen) atoms. The zero-order valence-corrected chi connectivity index (χ0v) is 9.72. The molecule has 0 unspecified atom stereocenters. The van der Waals surface area contributed by atoms with Crippen molar-refractivity contribution < 1.29 is 14.3 Å². The van der Waals surface area contributed by atoms with Gasteiger partial charge in [-0.1, -0.05) is 6.92 Å². The number of methoxy groups -OCH3 is 1. The molecule has 0 aromatic heterocycles. The van der Waals surface area contributed by atoms with Gasteiger partial charge in [0, 0.05) is 7.11 Å². The minimum absolute atomic E-state index is 0.0230. The summed E-state index contributed by atoms with van der Waals surface area (Å²) >= 11 is 0. The largest absolute Gasteiger partial charge is 0.444 e. The van der Waals surface area contributed by atoms with Gasteiger partial charge in [-0.25, -0.2) is 4.79 Å². The van der Waals surface area contributed by atoms with E-state index in [1.807, 2.05) is 27.7 Å². The highest BCUT2D eigenvalue weighted by molar-refractivity contribution is 5.68. The van der Waals surface area contributed by atoms with Crippen LogP contribution in [0.5, 0.6) is 0 Å². The van der Waals surface area contributed by atoms with E-state index in [1.54, 1.807) is 7.11 Å². The van der Waals surface area contributed by atoms with E-state index in [2.05, 4.69) is 5.32 Å². The summed E-state index contributed by atoms with van der Waals surface area (Å²) in [6, 6.07) is 0.0230. The van der Waals surface area contributed by atoms with Crippen LogP contribution >= 0.6 is 0 Å². The van der Waals surface area contributed by atoms with Crippen LogP contribution in [-0.4, -0.2) is 31.5 Å². The SMILES string of the molecule is CC[C@H](COC)NC(=O)OC(C)(C)C. The Labute approximate surface area is 86.0 Å². The van der Waals surface area contributed by atoms with Crippen molar-refractivity contribution in [2.24, 2.45) is 0 Å². The summed E-state index contributed by atoms with van der Waals surface area (Å²) in [5, 5.41) is 2.74. The maximum absolute atomic E-state index is 11.3. The van der Waals surface area contributed by atoms with Crippen molar-refractivity contribution >= 4 is 6.09 Å². The van der Waals surface area contributed by atoms with Crippen LogP contribution < -0.4 is 5.32 Å². The molecule has 0 saturated heterocycles. The summed E-state index contributed by atoms with van der Waals surface area (Å²) in [6.07, 6.45) is 0.439. The Kier molecular flexibility index (Phi) is 5.53. The van der Waals surface area contributed by atoms with Gasteiger partial charge in [0.05, 0.1) is 12.6 Å². The van der Waals surface area contributed by atoms with Crippen molar-refractivity contribution in [3.63, 3.8) is 0 Å². The number of alkyl carbamates (subject to hydrolysis) is 1. The maximum atomic E-state index is 11.3. The fraction of sp³-hybridized carbons (Fsp3) is 0.900. The van der Waals surface area contributed by atoms with Crippen molar-refractivity contribution in [1.82, 2.24) is 5.32 Å². The zero-order valence-electron chi connectivity index (χ0n) is 9.72. The second kappa shape index (κ2) is 5.86. The summed E-state index contributed by atoms with van der Waals surface area (Å²) in [4.78, 5) is 11.3. The van der Waals surface area contributed by atoms with Crippen molar-refractivity contribution in [3.05, 3.63) is 0 Å². The Morgan fingerprint density at radius 1 is 1.43 bits per heavy atom. The lowest BCUT2D eigenvalue weighted by Crippen LogP contribution is -2.40. The number of amides is 1. The molecular weight excluding hydrogens is 182 g/mol. The van der Waals surface area contributed by atoms with Crippen LogP contribution in [0.1, 0.15) is 34.1 Å². The number of ether oxygens (including phenoxy) is 2. The van der Waals surface area contributed by atoms with Gasteiger partial charge in [-0.2, -0.15) is 0 Å². The molecule has 0 aromatic rings. The maximum Gasteiger partial charge on any atom is 0.407 e. The average Bonchev–Trinajstić information content (AvgIpc) is 2.00. The second-order valence-electron chi connectivity index (χ2n) is 4.21. The van der Waals surface area contributed by atoms with Gasteiger partial charge in [0.15, 0.2) is 0 Å². The molecule has 0 aromatic carbocycles. The van der Waals surface area contributed by atoms with Gasteiger partial charge < -0.3 is 14.8 Å². The van der Waals surface area contributed by atoms with Gasteiger partial charge in [-0.3, -0.25) is 0 Å². The first kappa shape index (κ1) is 13.2. The number of carbonyl (C=O) groups is 1. The van der Waals surface area contributed by atoms with Crippen LogP contribution in [0, 0.1) is 0 Å². The molecule has 0 spiro atoms. The molecule has 0 rings (SSSR count). The predicted molar refractivity (Wildman–Crippen MR) is 55.3 cm³/mol. The van der Waals surface area contributed by atoms with E-state index < -0.39 is 5.60 Å². The summed E-state index contributed by atoms with van der Waals surface area (Å²) in [5.74, 6) is 0. The summed E-state index contributed by atoms with van der Waals surface area (Å²) < 4.78 is 10.1. The molecule has 1 amide bonds. The molecule has 0 aliphatic carbocycles. The molecule has 0 aliphatic heterocycles. The Morgan fingerprint density at radius 3 is 2.36 bits per heavy atom. The molecule has 0 heterocycles. The molecule has 0 radical (unpaired) electrons. The summed E-state index contributed by atoms with van der Waals surface area (Å²) in [7, 11) is 1.61. The minimum Gasteiger partial charge on any atom is -0.444 e. The summed E-state index contributed by atoms with van der Waals surface area (Å²) in [5.41, 5.74) is -0.449. The van der Waals surface area contributed by atoms with Crippen LogP contribution in [0.25, 0.3) is 0 Å². The van der Waals surface area contributed by atoms with E-state index in [-0.39, 0.29) is 12.1 Å². The molecule has 4 heteroatoms. The molecular formula is C10H21NO3. The molecule has 1 N–H and O–H groups in total. The fourth-order valence-electron chi connectivity index (χ4n) is 0.937. The lowest BCUT2D eigenvalue weighted by atomic mass is 10.2. The fourth-order valence-corrected chi connectivity index (χ4v) is 0.937. The van der Waals surface area contributed by atoms with E-state index in [4.69, 9.17) is 9.47 Å². The third kappa shape index (κ3) is 6.71. The van der Waals surface area contributed by atoms with Crippen molar-refractivity contribution in [2.45, 2.75) is 45.8 Å². The van der Waals surface area contributed by atoms with Crippen LogP contribution in [0.15, 0.2) is 0 Å². The Morgan fingerprint density at radius 2 is 2.00 bits per heavy atom. The second-order valence-corrected chi connectivity index (χ2v) is 4.21. The van der Waals surface area contributed by atoms with Gasteiger partial charge in [0.1, 0.15) is 5.60 Å². The highest BCUT2D eigenvalue weighted by Gasteiger charge is 2.18. The van der Waals surface area contributed by atoms with Gasteiger partial charge in [-0.05, 0) is 27.2 Å². The molecule has 0 aliphatic rings. The number of nitrogens with one attached hydrogen (secondary N) is 1. The lowest BCUT2D eigenvalue weighted by Gasteiger charge is -2.22. The number of hydrogen-bond acceptors (Lipinski definition) is 3. The lowest BCUT2D eigenvalue weighted by molar-refractivity contribution is 0.0467. The molecule has 1 atom stereocenters. The smallest absolute Gasteiger partial charge is 0.407 e. The molecule has 84 valence electrons. The first-order valence-electron chi connectivity index (χ1n) is 4.87. The van der Waals surface area contributed by atoms with Crippen LogP contribution in [0.3, 0.4) is 0 Å². The monoisotopic (exact) mass is 203 g/mol. The Bertz CT molecular complexity index is 175. The molecule has 4 nitrogen and oxygen atoms in total. The third-order valence-electron chi connectivity index (χ3n) is 1.58. The predicted octanol–water partition coefficient (Wildman–Crippen LogP) is 1.94. The van der Waals surface area contributed by atoms with Gasteiger partial charge >= 0.3 is 6.09 Å². The van der Waals surface area contributed by atoms with Gasteiger partial charge in [0.25, 0.3) is 0 Å². The number of carbonyl (C=O) groups excluding carboxylic acids is 1. The van der Waals surface area contributed by atoms with Crippen LogP contribution in [-0.2, 0) is 9.47 Å². The first-order valence-corrected chi connectivity index (χ1v) is 4.87. The quantitative estimate of drug-likeness (QED) is 0.759. The normalized spacial score (nSPS) is 13.5. The zero-order chi connectivity index (χ0) is 11.2. The highest BCUT2D eigenvalue weighted by atomic mass is 16.6. The molecule has 0 saturated carbocycles. The van der Waals surface area contributed by atoms with Crippen molar-refractivity contribution in [2.75, 3.05) is 13.7 Å². The van der Waals surface area contributed by atoms with Crippen LogP contribution in [0.4, 0.5) is 4.79 Å². The van der Waals surface area contributed by atoms with Crippen molar-refractivity contribution in [1.29, 1.82) is 0 Å². The van der Waals surface area contributed by atoms with Crippen molar-refractivity contribution in [3.8, 4) is 0 Å². The average molecular weight is 203 g/mol. The number of rotatable bonds is 4. The summed E-state index contributed by atoms with van der Waals surface area (Å²) in [6.45, 7) is 8.01. The number of hydrogen-bond donors (Lipinski definition) is 1. The van der Waals surface area contributed by atoms with E-state index in [1.165, 1.54) is 0 Å². The van der Waals surface area contributed by atoms with Gasteiger partial charge in [0.2, 0.25) is 0 Å². The van der Waals surface area contributed by atoms with E-state index in [9.17, 15) is 4.79 Å². The third-order valence-corrected chi connectivity index (χ3v) is 1.58. The van der Waals surface area contributed by atoms with Gasteiger partial charge in [-0.15, -0.1) is 0 Å². The minimum atomic E-state index is -0.449. The van der Waals surface area contributed by atoms with E-state index in [0.717, 1.165) is 6.42 Å². The van der Waals surface area contributed by atoms with E-state index >= 15 is 0 Å². The molecule has 0 bridgehead atoms.